The van der Waals surface area contributed by atoms with Crippen molar-refractivity contribution in [3.63, 3.8) is 0 Å². The monoisotopic (exact) mass is 280 g/mol. The first-order valence-corrected chi connectivity index (χ1v) is 9.29. The number of nitrogens with one attached hydrogen (secondary N) is 1. The predicted molar refractivity (Wildman–Crippen MR) is 88.1 cm³/mol. The first-order valence-electron chi connectivity index (χ1n) is 9.29. The maximum Gasteiger partial charge on any atom is 0.0249 e. The van der Waals surface area contributed by atoms with E-state index in [0.717, 1.165) is 17.9 Å². The Kier molecular flexibility index (Phi) is 7.37. The van der Waals surface area contributed by atoms with Gasteiger partial charge in [0.15, 0.2) is 0 Å². The maximum absolute atomic E-state index is 3.65. The number of hydrogen-bond donors (Lipinski definition) is 1. The molecule has 1 aliphatic heterocycles. The van der Waals surface area contributed by atoms with Crippen LogP contribution in [0.1, 0.15) is 71.6 Å². The molecule has 0 aromatic heterocycles. The van der Waals surface area contributed by atoms with E-state index in [2.05, 4.69) is 24.1 Å². The molecule has 0 aromatic carbocycles. The average molecular weight is 280 g/mol. The average Bonchev–Trinajstić information content (AvgIpc) is 2.52. The number of nitrogens with zero attached hydrogens (tertiary/aromatic N) is 1. The van der Waals surface area contributed by atoms with Gasteiger partial charge in [-0.05, 0) is 31.1 Å². The Morgan fingerprint density at radius 1 is 1.15 bits per heavy atom. The summed E-state index contributed by atoms with van der Waals surface area (Å²) < 4.78 is 0. The summed E-state index contributed by atoms with van der Waals surface area (Å²) in [7, 11) is 0. The van der Waals surface area contributed by atoms with Crippen LogP contribution >= 0.6 is 0 Å². The standard InChI is InChI=1S/C18H36N2/c1-3-5-9-16(4-2)15-20-13-12-19-14-18(20)17-10-7-6-8-11-17/h16-19H,3-15H2,1-2H3. The molecule has 2 nitrogen and oxygen atoms in total. The van der Waals surface area contributed by atoms with Gasteiger partial charge in [-0.2, -0.15) is 0 Å². The topological polar surface area (TPSA) is 15.3 Å². The van der Waals surface area contributed by atoms with E-state index in [1.807, 2.05) is 0 Å². The molecule has 0 amide bonds. The fraction of sp³-hybridized carbons (Fsp3) is 1.00. The molecule has 1 saturated carbocycles. The summed E-state index contributed by atoms with van der Waals surface area (Å²) in [6.45, 7) is 9.80. The van der Waals surface area contributed by atoms with Gasteiger partial charge in [-0.1, -0.05) is 52.4 Å². The third-order valence-corrected chi connectivity index (χ3v) is 5.63. The molecule has 0 radical (unpaired) electrons. The van der Waals surface area contributed by atoms with Gasteiger partial charge in [0, 0.05) is 32.2 Å². The molecule has 0 aromatic rings. The van der Waals surface area contributed by atoms with Crippen molar-refractivity contribution in [3.8, 4) is 0 Å². The van der Waals surface area contributed by atoms with Crippen LogP contribution in [0.25, 0.3) is 0 Å². The summed E-state index contributed by atoms with van der Waals surface area (Å²) in [6.07, 6.45) is 13.0. The van der Waals surface area contributed by atoms with E-state index in [9.17, 15) is 0 Å². The van der Waals surface area contributed by atoms with Crippen molar-refractivity contribution in [1.82, 2.24) is 10.2 Å². The summed E-state index contributed by atoms with van der Waals surface area (Å²) in [6, 6.07) is 0.833. The molecule has 2 fully saturated rings. The van der Waals surface area contributed by atoms with Crippen molar-refractivity contribution < 1.29 is 0 Å². The molecule has 1 heterocycles. The van der Waals surface area contributed by atoms with Gasteiger partial charge < -0.3 is 5.32 Å². The minimum atomic E-state index is 0.833. The second kappa shape index (κ2) is 9.04. The van der Waals surface area contributed by atoms with Crippen molar-refractivity contribution in [3.05, 3.63) is 0 Å². The van der Waals surface area contributed by atoms with Gasteiger partial charge in [-0.15, -0.1) is 0 Å². The first-order chi connectivity index (χ1) is 9.85. The highest BCUT2D eigenvalue weighted by Crippen LogP contribution is 2.30. The van der Waals surface area contributed by atoms with Gasteiger partial charge >= 0.3 is 0 Å². The van der Waals surface area contributed by atoms with E-state index >= 15 is 0 Å². The van der Waals surface area contributed by atoms with Gasteiger partial charge in [0.1, 0.15) is 0 Å². The first kappa shape index (κ1) is 16.3. The highest BCUT2D eigenvalue weighted by atomic mass is 15.2. The fourth-order valence-electron chi connectivity index (χ4n) is 4.23. The molecule has 1 N–H and O–H groups in total. The normalized spacial score (nSPS) is 27.6. The highest BCUT2D eigenvalue weighted by molar-refractivity contribution is 4.87. The summed E-state index contributed by atoms with van der Waals surface area (Å²) in [5.74, 6) is 1.90. The largest absolute Gasteiger partial charge is 0.314 e. The third-order valence-electron chi connectivity index (χ3n) is 5.63. The van der Waals surface area contributed by atoms with Gasteiger partial charge in [0.2, 0.25) is 0 Å². The fourth-order valence-corrected chi connectivity index (χ4v) is 4.23. The quantitative estimate of drug-likeness (QED) is 0.756. The Balaban J connectivity index is 1.88. The van der Waals surface area contributed by atoms with E-state index in [1.54, 1.807) is 0 Å². The van der Waals surface area contributed by atoms with Crippen molar-refractivity contribution in [1.29, 1.82) is 0 Å². The molecule has 1 aliphatic carbocycles. The van der Waals surface area contributed by atoms with E-state index < -0.39 is 0 Å². The second-order valence-corrected chi connectivity index (χ2v) is 7.08. The van der Waals surface area contributed by atoms with E-state index in [-0.39, 0.29) is 0 Å². The smallest absolute Gasteiger partial charge is 0.0249 e. The van der Waals surface area contributed by atoms with Crippen LogP contribution < -0.4 is 5.32 Å². The molecule has 2 rings (SSSR count). The Bertz CT molecular complexity index is 248. The molecule has 2 aliphatic rings. The van der Waals surface area contributed by atoms with E-state index in [1.165, 1.54) is 84.0 Å². The molecule has 1 saturated heterocycles. The zero-order chi connectivity index (χ0) is 14.2. The van der Waals surface area contributed by atoms with Crippen LogP contribution in [0.2, 0.25) is 0 Å². The van der Waals surface area contributed by atoms with Gasteiger partial charge in [-0.25, -0.2) is 0 Å². The molecular formula is C18H36N2. The highest BCUT2D eigenvalue weighted by Gasteiger charge is 2.31. The van der Waals surface area contributed by atoms with E-state index in [4.69, 9.17) is 0 Å². The van der Waals surface area contributed by atoms with Crippen LogP contribution in [0.15, 0.2) is 0 Å². The summed E-state index contributed by atoms with van der Waals surface area (Å²) in [5.41, 5.74) is 0. The molecule has 118 valence electrons. The Labute approximate surface area is 126 Å². The Morgan fingerprint density at radius 3 is 2.65 bits per heavy atom. The molecule has 0 spiro atoms. The predicted octanol–water partition coefficient (Wildman–Crippen LogP) is 4.06. The van der Waals surface area contributed by atoms with Crippen LogP contribution in [0.5, 0.6) is 0 Å². The van der Waals surface area contributed by atoms with Crippen LogP contribution in [-0.2, 0) is 0 Å². The lowest BCUT2D eigenvalue weighted by Crippen LogP contribution is -2.55. The summed E-state index contributed by atoms with van der Waals surface area (Å²) in [5, 5.41) is 3.65. The molecule has 20 heavy (non-hydrogen) atoms. The van der Waals surface area contributed by atoms with Crippen molar-refractivity contribution >= 4 is 0 Å². The van der Waals surface area contributed by atoms with Crippen LogP contribution in [0.4, 0.5) is 0 Å². The number of unbranched alkanes of at least 4 members (excludes halogenated alkanes) is 1. The number of hydrogen-bond acceptors (Lipinski definition) is 2. The molecule has 2 unspecified atom stereocenters. The minimum Gasteiger partial charge on any atom is -0.314 e. The number of rotatable bonds is 7. The lowest BCUT2D eigenvalue weighted by atomic mass is 9.82. The molecule has 2 atom stereocenters. The number of piperazine rings is 1. The summed E-state index contributed by atoms with van der Waals surface area (Å²) in [4.78, 5) is 2.86. The second-order valence-electron chi connectivity index (χ2n) is 7.08. The SMILES string of the molecule is CCCCC(CC)CN1CCNCC1C1CCCCC1. The van der Waals surface area contributed by atoms with Gasteiger partial charge in [0.25, 0.3) is 0 Å². The Morgan fingerprint density at radius 2 is 1.95 bits per heavy atom. The van der Waals surface area contributed by atoms with Crippen molar-refractivity contribution in [2.75, 3.05) is 26.2 Å². The minimum absolute atomic E-state index is 0.833. The molecule has 0 bridgehead atoms. The van der Waals surface area contributed by atoms with E-state index in [0.29, 0.717) is 0 Å². The van der Waals surface area contributed by atoms with Crippen molar-refractivity contribution in [2.45, 2.75) is 77.7 Å². The Hall–Kier alpha value is -0.0800. The van der Waals surface area contributed by atoms with Crippen molar-refractivity contribution in [2.24, 2.45) is 11.8 Å². The maximum atomic E-state index is 3.65. The summed E-state index contributed by atoms with van der Waals surface area (Å²) >= 11 is 0. The zero-order valence-electron chi connectivity index (χ0n) is 13.9. The molecular weight excluding hydrogens is 244 g/mol. The van der Waals surface area contributed by atoms with Crippen LogP contribution in [0.3, 0.4) is 0 Å². The molecule has 2 heteroatoms. The lowest BCUT2D eigenvalue weighted by molar-refractivity contribution is 0.0747. The van der Waals surface area contributed by atoms with Gasteiger partial charge in [0.05, 0.1) is 0 Å². The van der Waals surface area contributed by atoms with Gasteiger partial charge in [-0.3, -0.25) is 4.90 Å². The lowest BCUT2D eigenvalue weighted by Gasteiger charge is -2.43. The zero-order valence-corrected chi connectivity index (χ0v) is 13.9. The van der Waals surface area contributed by atoms with Crippen LogP contribution in [-0.4, -0.2) is 37.1 Å². The third kappa shape index (κ3) is 4.73. The van der Waals surface area contributed by atoms with Crippen LogP contribution in [0, 0.1) is 11.8 Å².